The zero-order chi connectivity index (χ0) is 16.2. The van der Waals surface area contributed by atoms with Gasteiger partial charge in [0.15, 0.2) is 0 Å². The Balaban J connectivity index is 1.64. The lowest BCUT2D eigenvalue weighted by molar-refractivity contribution is 0.400. The topological polar surface area (TPSA) is 49.0 Å². The Labute approximate surface area is 137 Å². The van der Waals surface area contributed by atoms with Gasteiger partial charge in [-0.25, -0.2) is 4.98 Å². The van der Waals surface area contributed by atoms with E-state index >= 15 is 0 Å². The summed E-state index contributed by atoms with van der Waals surface area (Å²) in [5, 5.41) is 0. The standard InChI is InChI=1S/C19H25N3O/c1-14(2)17-13-18(23)21-19(20-17)22-10-8-16(9-11-22)12-15-6-4-3-5-7-15/h3-7,13-14,16H,8-12H2,1-2H3,(H,20,21,23). The Hall–Kier alpha value is -2.10. The van der Waals surface area contributed by atoms with Crippen molar-refractivity contribution in [3.8, 4) is 0 Å². The zero-order valence-electron chi connectivity index (χ0n) is 14.0. The van der Waals surface area contributed by atoms with Gasteiger partial charge in [0.1, 0.15) is 0 Å². The maximum atomic E-state index is 11.8. The SMILES string of the molecule is CC(C)c1cc(=O)[nH]c(N2CCC(Cc3ccccc3)CC2)n1. The fourth-order valence-corrected chi connectivity index (χ4v) is 3.20. The molecule has 0 amide bonds. The highest BCUT2D eigenvalue weighted by Crippen LogP contribution is 2.24. The molecule has 3 rings (SSSR count). The molecule has 1 saturated heterocycles. The van der Waals surface area contributed by atoms with Crippen LogP contribution in [-0.2, 0) is 6.42 Å². The number of nitrogens with zero attached hydrogens (tertiary/aromatic N) is 2. The van der Waals surface area contributed by atoms with Crippen molar-refractivity contribution in [2.75, 3.05) is 18.0 Å². The Kier molecular flexibility index (Phi) is 4.79. The predicted octanol–water partition coefficient (Wildman–Crippen LogP) is 3.35. The molecule has 0 spiro atoms. The van der Waals surface area contributed by atoms with Crippen LogP contribution >= 0.6 is 0 Å². The monoisotopic (exact) mass is 311 g/mol. The fourth-order valence-electron chi connectivity index (χ4n) is 3.20. The van der Waals surface area contributed by atoms with Crippen LogP contribution in [0.1, 0.15) is 43.9 Å². The molecule has 0 unspecified atom stereocenters. The van der Waals surface area contributed by atoms with Gasteiger partial charge in [-0.2, -0.15) is 0 Å². The molecule has 0 radical (unpaired) electrons. The third-order valence-electron chi connectivity index (χ3n) is 4.62. The van der Waals surface area contributed by atoms with Gasteiger partial charge in [-0.1, -0.05) is 44.2 Å². The van der Waals surface area contributed by atoms with E-state index in [0.29, 0.717) is 5.92 Å². The molecule has 122 valence electrons. The first-order valence-corrected chi connectivity index (χ1v) is 8.52. The molecule has 1 aromatic carbocycles. The summed E-state index contributed by atoms with van der Waals surface area (Å²) in [6.45, 7) is 6.05. The highest BCUT2D eigenvalue weighted by molar-refractivity contribution is 5.31. The van der Waals surface area contributed by atoms with E-state index in [1.54, 1.807) is 6.07 Å². The number of aromatic nitrogens is 2. The Morgan fingerprint density at radius 2 is 1.91 bits per heavy atom. The first kappa shape index (κ1) is 15.8. The average Bonchev–Trinajstić information content (AvgIpc) is 2.56. The second kappa shape index (κ2) is 6.99. The number of piperidine rings is 1. The van der Waals surface area contributed by atoms with Gasteiger partial charge in [0.2, 0.25) is 5.95 Å². The minimum absolute atomic E-state index is 0.0508. The molecule has 0 bridgehead atoms. The van der Waals surface area contributed by atoms with Crippen molar-refractivity contribution >= 4 is 5.95 Å². The van der Waals surface area contributed by atoms with Crippen LogP contribution in [0.5, 0.6) is 0 Å². The summed E-state index contributed by atoms with van der Waals surface area (Å²) < 4.78 is 0. The van der Waals surface area contributed by atoms with Crippen molar-refractivity contribution in [1.29, 1.82) is 0 Å². The summed E-state index contributed by atoms with van der Waals surface area (Å²) in [5.41, 5.74) is 2.24. The van der Waals surface area contributed by atoms with Crippen LogP contribution in [0.2, 0.25) is 0 Å². The molecule has 1 aliphatic rings. The quantitative estimate of drug-likeness (QED) is 0.942. The van der Waals surface area contributed by atoms with E-state index in [1.807, 2.05) is 0 Å². The summed E-state index contributed by atoms with van der Waals surface area (Å²) >= 11 is 0. The van der Waals surface area contributed by atoms with E-state index in [2.05, 4.69) is 59.0 Å². The van der Waals surface area contributed by atoms with Gasteiger partial charge in [0, 0.05) is 19.2 Å². The minimum atomic E-state index is -0.0508. The normalized spacial score (nSPS) is 16.0. The summed E-state index contributed by atoms with van der Waals surface area (Å²) in [6.07, 6.45) is 3.43. The van der Waals surface area contributed by atoms with Crippen LogP contribution in [0, 0.1) is 5.92 Å². The molecular weight excluding hydrogens is 286 g/mol. The molecular formula is C19H25N3O. The van der Waals surface area contributed by atoms with Gasteiger partial charge >= 0.3 is 0 Å². The Morgan fingerprint density at radius 3 is 2.57 bits per heavy atom. The van der Waals surface area contributed by atoms with Crippen molar-refractivity contribution < 1.29 is 0 Å². The fraction of sp³-hybridized carbons (Fsp3) is 0.474. The maximum Gasteiger partial charge on any atom is 0.252 e. The number of benzene rings is 1. The zero-order valence-corrected chi connectivity index (χ0v) is 14.0. The second-order valence-corrected chi connectivity index (χ2v) is 6.77. The van der Waals surface area contributed by atoms with Crippen LogP contribution < -0.4 is 10.5 Å². The third-order valence-corrected chi connectivity index (χ3v) is 4.62. The smallest absolute Gasteiger partial charge is 0.252 e. The van der Waals surface area contributed by atoms with Gasteiger partial charge in [-0.15, -0.1) is 0 Å². The molecule has 0 atom stereocenters. The number of hydrogen-bond acceptors (Lipinski definition) is 3. The predicted molar refractivity (Wildman–Crippen MR) is 94.0 cm³/mol. The molecule has 1 aliphatic heterocycles. The van der Waals surface area contributed by atoms with Crippen molar-refractivity contribution in [1.82, 2.24) is 9.97 Å². The van der Waals surface area contributed by atoms with Gasteiger partial charge < -0.3 is 4.90 Å². The molecule has 0 saturated carbocycles. The first-order valence-electron chi connectivity index (χ1n) is 8.52. The van der Waals surface area contributed by atoms with E-state index in [-0.39, 0.29) is 11.5 Å². The van der Waals surface area contributed by atoms with E-state index in [4.69, 9.17) is 0 Å². The van der Waals surface area contributed by atoms with Crippen LogP contribution in [-0.4, -0.2) is 23.1 Å². The number of rotatable bonds is 4. The molecule has 0 aliphatic carbocycles. The second-order valence-electron chi connectivity index (χ2n) is 6.77. The molecule has 2 heterocycles. The molecule has 4 nitrogen and oxygen atoms in total. The van der Waals surface area contributed by atoms with Crippen molar-refractivity contribution in [3.63, 3.8) is 0 Å². The first-order chi connectivity index (χ1) is 11.1. The van der Waals surface area contributed by atoms with Crippen LogP contribution in [0.3, 0.4) is 0 Å². The lowest BCUT2D eigenvalue weighted by Crippen LogP contribution is -2.36. The summed E-state index contributed by atoms with van der Waals surface area (Å²) in [4.78, 5) is 21.6. The number of H-pyrrole nitrogens is 1. The van der Waals surface area contributed by atoms with Gasteiger partial charge in [-0.3, -0.25) is 9.78 Å². The maximum absolute atomic E-state index is 11.8. The largest absolute Gasteiger partial charge is 0.342 e. The van der Waals surface area contributed by atoms with Crippen LogP contribution in [0.25, 0.3) is 0 Å². The lowest BCUT2D eigenvalue weighted by atomic mass is 9.90. The van der Waals surface area contributed by atoms with Crippen LogP contribution in [0.15, 0.2) is 41.2 Å². The summed E-state index contributed by atoms with van der Waals surface area (Å²) in [5.74, 6) is 1.72. The Bertz CT molecular complexity index is 685. The summed E-state index contributed by atoms with van der Waals surface area (Å²) in [7, 11) is 0. The highest BCUT2D eigenvalue weighted by Gasteiger charge is 2.21. The van der Waals surface area contributed by atoms with Gasteiger partial charge in [-0.05, 0) is 36.7 Å². The van der Waals surface area contributed by atoms with E-state index in [1.165, 1.54) is 5.56 Å². The lowest BCUT2D eigenvalue weighted by Gasteiger charge is -2.32. The van der Waals surface area contributed by atoms with Crippen molar-refractivity contribution in [3.05, 3.63) is 58.0 Å². The number of aromatic amines is 1. The number of hydrogen-bond donors (Lipinski definition) is 1. The summed E-state index contributed by atoms with van der Waals surface area (Å²) in [6, 6.07) is 12.3. The average molecular weight is 311 g/mol. The van der Waals surface area contributed by atoms with Gasteiger partial charge in [0.05, 0.1) is 5.69 Å². The van der Waals surface area contributed by atoms with E-state index in [0.717, 1.165) is 44.0 Å². The molecule has 4 heteroatoms. The number of nitrogens with one attached hydrogen (secondary N) is 1. The number of anilines is 1. The Morgan fingerprint density at radius 1 is 1.22 bits per heavy atom. The molecule has 1 aromatic heterocycles. The van der Waals surface area contributed by atoms with Crippen molar-refractivity contribution in [2.45, 2.75) is 39.0 Å². The molecule has 1 fully saturated rings. The highest BCUT2D eigenvalue weighted by atomic mass is 16.1. The molecule has 23 heavy (non-hydrogen) atoms. The van der Waals surface area contributed by atoms with Crippen LogP contribution in [0.4, 0.5) is 5.95 Å². The molecule has 2 aromatic rings. The van der Waals surface area contributed by atoms with E-state index < -0.39 is 0 Å². The van der Waals surface area contributed by atoms with Gasteiger partial charge in [0.25, 0.3) is 5.56 Å². The third kappa shape index (κ3) is 4.01. The minimum Gasteiger partial charge on any atom is -0.342 e. The van der Waals surface area contributed by atoms with E-state index in [9.17, 15) is 4.79 Å². The molecule has 1 N–H and O–H groups in total. The van der Waals surface area contributed by atoms with Crippen molar-refractivity contribution in [2.24, 2.45) is 5.92 Å².